The highest BCUT2D eigenvalue weighted by atomic mass is 79.9. The first kappa shape index (κ1) is 16.4. The fourth-order valence-corrected chi connectivity index (χ4v) is 2.26. The van der Waals surface area contributed by atoms with E-state index in [1.54, 1.807) is 13.1 Å². The Hall–Kier alpha value is -1.62. The Balaban J connectivity index is 2.56. The predicted octanol–water partition coefficient (Wildman–Crippen LogP) is 3.09. The molecular weight excluding hydrogens is 322 g/mol. The third kappa shape index (κ3) is 5.57. The van der Waals surface area contributed by atoms with Crippen LogP contribution in [0, 0.1) is 6.92 Å². The van der Waals surface area contributed by atoms with Crippen molar-refractivity contribution in [3.05, 3.63) is 39.9 Å². The number of hydrogen-bond donors (Lipinski definition) is 1. The first-order chi connectivity index (χ1) is 9.40. The summed E-state index contributed by atoms with van der Waals surface area (Å²) in [5.41, 5.74) is 2.08. The van der Waals surface area contributed by atoms with Crippen LogP contribution in [-0.4, -0.2) is 35.5 Å². The number of likely N-dealkylation sites (N-methyl/N-ethyl adjacent to an activating group) is 1. The van der Waals surface area contributed by atoms with Crippen LogP contribution in [0.3, 0.4) is 0 Å². The van der Waals surface area contributed by atoms with E-state index >= 15 is 0 Å². The molecule has 1 N–H and O–H groups in total. The molecule has 0 aliphatic heterocycles. The molecule has 20 heavy (non-hydrogen) atoms. The second-order valence-electron chi connectivity index (χ2n) is 4.62. The van der Waals surface area contributed by atoms with Crippen LogP contribution in [0.1, 0.15) is 24.0 Å². The number of benzene rings is 1. The van der Waals surface area contributed by atoms with Gasteiger partial charge in [-0.3, -0.25) is 9.59 Å². The van der Waals surface area contributed by atoms with Crippen LogP contribution >= 0.6 is 15.9 Å². The summed E-state index contributed by atoms with van der Waals surface area (Å²) >= 11 is 3.45. The molecule has 4 nitrogen and oxygen atoms in total. The SMILES string of the molecule is Cc1ccc(/C=C/C(=O)N(C)CCCC(=O)O)c(Br)c1. The summed E-state index contributed by atoms with van der Waals surface area (Å²) in [4.78, 5) is 23.8. The van der Waals surface area contributed by atoms with Crippen LogP contribution in [0.2, 0.25) is 0 Å². The number of amides is 1. The van der Waals surface area contributed by atoms with Gasteiger partial charge in [0, 0.05) is 30.6 Å². The summed E-state index contributed by atoms with van der Waals surface area (Å²) in [7, 11) is 1.67. The summed E-state index contributed by atoms with van der Waals surface area (Å²) in [5.74, 6) is -0.979. The minimum Gasteiger partial charge on any atom is -0.481 e. The molecule has 0 atom stereocenters. The fraction of sp³-hybridized carbons (Fsp3) is 0.333. The molecule has 0 fully saturated rings. The standard InChI is InChI=1S/C15H18BrNO3/c1-11-5-6-12(13(16)10-11)7-8-14(18)17(2)9-3-4-15(19)20/h5-8,10H,3-4,9H2,1-2H3,(H,19,20)/b8-7+. The van der Waals surface area contributed by atoms with Crippen LogP contribution < -0.4 is 0 Å². The maximum atomic E-state index is 11.8. The number of carboxylic acids is 1. The monoisotopic (exact) mass is 339 g/mol. The highest BCUT2D eigenvalue weighted by molar-refractivity contribution is 9.10. The van der Waals surface area contributed by atoms with Gasteiger partial charge in [0.1, 0.15) is 0 Å². The Morgan fingerprint density at radius 3 is 2.70 bits per heavy atom. The molecule has 1 rings (SSSR count). The first-order valence-corrected chi connectivity index (χ1v) is 7.10. The third-order valence-electron chi connectivity index (χ3n) is 2.82. The van der Waals surface area contributed by atoms with Gasteiger partial charge in [-0.05, 0) is 36.6 Å². The summed E-state index contributed by atoms with van der Waals surface area (Å²) in [5, 5.41) is 8.55. The molecule has 0 heterocycles. The molecule has 0 bridgehead atoms. The number of carbonyl (C=O) groups excluding carboxylic acids is 1. The quantitative estimate of drug-likeness (QED) is 0.810. The lowest BCUT2D eigenvalue weighted by molar-refractivity contribution is -0.137. The molecule has 0 aliphatic rings. The van der Waals surface area contributed by atoms with Crippen molar-refractivity contribution in [1.29, 1.82) is 0 Å². The summed E-state index contributed by atoms with van der Waals surface area (Å²) in [6.45, 7) is 2.43. The molecular formula is C15H18BrNO3. The number of carboxylic acid groups (broad SMARTS) is 1. The molecule has 0 saturated heterocycles. The van der Waals surface area contributed by atoms with Gasteiger partial charge < -0.3 is 10.0 Å². The number of nitrogens with zero attached hydrogens (tertiary/aromatic N) is 1. The van der Waals surface area contributed by atoms with E-state index in [-0.39, 0.29) is 12.3 Å². The maximum absolute atomic E-state index is 11.8. The highest BCUT2D eigenvalue weighted by Crippen LogP contribution is 2.19. The number of hydrogen-bond acceptors (Lipinski definition) is 2. The van der Waals surface area contributed by atoms with E-state index in [9.17, 15) is 9.59 Å². The van der Waals surface area contributed by atoms with Crippen LogP contribution in [0.4, 0.5) is 0 Å². The van der Waals surface area contributed by atoms with Crippen LogP contribution in [0.5, 0.6) is 0 Å². The van der Waals surface area contributed by atoms with Crippen molar-refractivity contribution in [3.63, 3.8) is 0 Å². The molecule has 1 amide bonds. The zero-order chi connectivity index (χ0) is 15.1. The topological polar surface area (TPSA) is 57.6 Å². The van der Waals surface area contributed by atoms with Crippen molar-refractivity contribution >= 4 is 33.9 Å². The lowest BCUT2D eigenvalue weighted by atomic mass is 10.1. The Labute approximate surface area is 127 Å². The van der Waals surface area contributed by atoms with Gasteiger partial charge in [0.15, 0.2) is 0 Å². The minimum absolute atomic E-state index is 0.0743. The van der Waals surface area contributed by atoms with Crippen molar-refractivity contribution in [2.24, 2.45) is 0 Å². The number of carbonyl (C=O) groups is 2. The van der Waals surface area contributed by atoms with E-state index in [1.807, 2.05) is 25.1 Å². The molecule has 1 aromatic carbocycles. The van der Waals surface area contributed by atoms with Gasteiger partial charge in [-0.1, -0.05) is 28.1 Å². The van der Waals surface area contributed by atoms with E-state index in [2.05, 4.69) is 15.9 Å². The van der Waals surface area contributed by atoms with Crippen molar-refractivity contribution in [3.8, 4) is 0 Å². The summed E-state index contributed by atoms with van der Waals surface area (Å²) in [6, 6.07) is 5.90. The molecule has 0 spiro atoms. The van der Waals surface area contributed by atoms with Gasteiger partial charge >= 0.3 is 5.97 Å². The zero-order valence-electron chi connectivity index (χ0n) is 11.6. The molecule has 108 valence electrons. The Kier molecular flexibility index (Phi) is 6.45. The van der Waals surface area contributed by atoms with E-state index in [1.165, 1.54) is 11.0 Å². The molecule has 0 aromatic heterocycles. The van der Waals surface area contributed by atoms with Crippen molar-refractivity contribution < 1.29 is 14.7 Å². The van der Waals surface area contributed by atoms with Gasteiger partial charge in [-0.2, -0.15) is 0 Å². The Morgan fingerprint density at radius 2 is 2.10 bits per heavy atom. The predicted molar refractivity (Wildman–Crippen MR) is 82.4 cm³/mol. The maximum Gasteiger partial charge on any atom is 0.303 e. The van der Waals surface area contributed by atoms with Crippen LogP contribution in [0.25, 0.3) is 6.08 Å². The van der Waals surface area contributed by atoms with E-state index < -0.39 is 5.97 Å². The van der Waals surface area contributed by atoms with Crippen molar-refractivity contribution in [2.75, 3.05) is 13.6 Å². The number of aliphatic carboxylic acids is 1. The Morgan fingerprint density at radius 1 is 1.40 bits per heavy atom. The van der Waals surface area contributed by atoms with Crippen LogP contribution in [-0.2, 0) is 9.59 Å². The van der Waals surface area contributed by atoms with Gasteiger partial charge in [-0.25, -0.2) is 0 Å². The molecule has 0 radical (unpaired) electrons. The fourth-order valence-electron chi connectivity index (χ4n) is 1.63. The van der Waals surface area contributed by atoms with Crippen molar-refractivity contribution in [2.45, 2.75) is 19.8 Å². The first-order valence-electron chi connectivity index (χ1n) is 6.31. The molecule has 5 heteroatoms. The number of aryl methyl sites for hydroxylation is 1. The Bertz CT molecular complexity index is 526. The largest absolute Gasteiger partial charge is 0.481 e. The van der Waals surface area contributed by atoms with Gasteiger partial charge in [0.25, 0.3) is 0 Å². The smallest absolute Gasteiger partial charge is 0.303 e. The number of halogens is 1. The van der Waals surface area contributed by atoms with Crippen LogP contribution in [0.15, 0.2) is 28.7 Å². The average Bonchev–Trinajstić information content (AvgIpc) is 2.36. The van der Waals surface area contributed by atoms with E-state index in [0.717, 1.165) is 15.6 Å². The van der Waals surface area contributed by atoms with Gasteiger partial charge in [0.2, 0.25) is 5.91 Å². The lowest BCUT2D eigenvalue weighted by Gasteiger charge is -2.14. The molecule has 0 saturated carbocycles. The van der Waals surface area contributed by atoms with E-state index in [4.69, 9.17) is 5.11 Å². The van der Waals surface area contributed by atoms with Gasteiger partial charge in [-0.15, -0.1) is 0 Å². The van der Waals surface area contributed by atoms with Gasteiger partial charge in [0.05, 0.1) is 0 Å². The molecule has 0 unspecified atom stereocenters. The number of rotatable bonds is 6. The van der Waals surface area contributed by atoms with E-state index in [0.29, 0.717) is 13.0 Å². The molecule has 0 aliphatic carbocycles. The zero-order valence-corrected chi connectivity index (χ0v) is 13.2. The highest BCUT2D eigenvalue weighted by Gasteiger charge is 2.06. The summed E-state index contributed by atoms with van der Waals surface area (Å²) in [6.07, 6.45) is 3.78. The molecule has 1 aromatic rings. The third-order valence-corrected chi connectivity index (χ3v) is 3.51. The minimum atomic E-state index is -0.843. The normalized spacial score (nSPS) is 10.8. The second-order valence-corrected chi connectivity index (χ2v) is 5.47. The van der Waals surface area contributed by atoms with Crippen molar-refractivity contribution in [1.82, 2.24) is 4.90 Å². The lowest BCUT2D eigenvalue weighted by Crippen LogP contribution is -2.26. The second kappa shape index (κ2) is 7.85. The average molecular weight is 340 g/mol. The summed E-state index contributed by atoms with van der Waals surface area (Å²) < 4.78 is 0.940.